The Morgan fingerprint density at radius 2 is 2.00 bits per heavy atom. The summed E-state index contributed by atoms with van der Waals surface area (Å²) in [5.74, 6) is 1.61. The minimum absolute atomic E-state index is 0. The Balaban J connectivity index is 0.00000261. The fraction of sp³-hybridized carbons (Fsp3) is 0.316. The highest BCUT2D eigenvalue weighted by atomic mass is 127. The molecule has 27 heavy (non-hydrogen) atoms. The number of nitrogens with zero attached hydrogens (tertiary/aromatic N) is 4. The monoisotopic (exact) mass is 496 g/mol. The van der Waals surface area contributed by atoms with Gasteiger partial charge in [0.1, 0.15) is 0 Å². The lowest BCUT2D eigenvalue weighted by Crippen LogP contribution is -2.36. The van der Waals surface area contributed by atoms with Gasteiger partial charge in [-0.2, -0.15) is 5.10 Å². The first-order valence-electron chi connectivity index (χ1n) is 8.83. The van der Waals surface area contributed by atoms with Crippen LogP contribution < -0.4 is 10.6 Å². The zero-order valence-electron chi connectivity index (χ0n) is 15.6. The van der Waals surface area contributed by atoms with Crippen LogP contribution >= 0.6 is 35.3 Å². The molecule has 3 rings (SSSR count). The van der Waals surface area contributed by atoms with E-state index in [2.05, 4.69) is 51.7 Å². The first-order valence-corrected chi connectivity index (χ1v) is 9.65. The molecule has 0 aromatic carbocycles. The molecule has 0 radical (unpaired) electrons. The molecular formula is C19H25IN6S. The van der Waals surface area contributed by atoms with E-state index < -0.39 is 0 Å². The van der Waals surface area contributed by atoms with Gasteiger partial charge in [0.05, 0.1) is 13.1 Å². The fourth-order valence-corrected chi connectivity index (χ4v) is 3.38. The minimum atomic E-state index is 0. The molecule has 0 saturated heterocycles. The van der Waals surface area contributed by atoms with Gasteiger partial charge < -0.3 is 10.6 Å². The Morgan fingerprint density at radius 3 is 2.70 bits per heavy atom. The lowest BCUT2D eigenvalue weighted by atomic mass is 10.2. The van der Waals surface area contributed by atoms with E-state index in [0.29, 0.717) is 6.54 Å². The Morgan fingerprint density at radius 1 is 1.15 bits per heavy atom. The predicted octanol–water partition coefficient (Wildman–Crippen LogP) is 3.76. The second-order valence-corrected chi connectivity index (χ2v) is 7.00. The van der Waals surface area contributed by atoms with Gasteiger partial charge in [0, 0.05) is 34.9 Å². The third-order valence-electron chi connectivity index (χ3n) is 3.81. The van der Waals surface area contributed by atoms with Crippen molar-refractivity contribution >= 4 is 41.3 Å². The molecule has 0 unspecified atom stereocenters. The maximum atomic E-state index is 4.69. The summed E-state index contributed by atoms with van der Waals surface area (Å²) in [6.45, 7) is 6.44. The molecule has 3 aromatic heterocycles. The summed E-state index contributed by atoms with van der Waals surface area (Å²) >= 11 is 1.84. The molecule has 0 atom stereocenters. The van der Waals surface area contributed by atoms with E-state index >= 15 is 0 Å². The predicted molar refractivity (Wildman–Crippen MR) is 122 cm³/mol. The number of nitrogens with one attached hydrogen (secondary N) is 2. The molecule has 0 amide bonds. The van der Waals surface area contributed by atoms with Crippen LogP contribution in [0.2, 0.25) is 0 Å². The van der Waals surface area contributed by atoms with Crippen LogP contribution in [0, 0.1) is 0 Å². The van der Waals surface area contributed by atoms with Crippen LogP contribution in [0.5, 0.6) is 0 Å². The van der Waals surface area contributed by atoms with Crippen molar-refractivity contribution in [1.82, 2.24) is 25.4 Å². The van der Waals surface area contributed by atoms with Crippen molar-refractivity contribution in [3.63, 3.8) is 0 Å². The molecule has 3 aromatic rings. The van der Waals surface area contributed by atoms with E-state index in [1.54, 1.807) is 17.1 Å². The molecule has 0 aliphatic carbocycles. The average molecular weight is 496 g/mol. The van der Waals surface area contributed by atoms with Gasteiger partial charge in [-0.3, -0.25) is 0 Å². The number of pyridine rings is 1. The van der Waals surface area contributed by atoms with Gasteiger partial charge in [-0.15, -0.1) is 35.3 Å². The Hall–Kier alpha value is -1.94. The third-order valence-corrected chi connectivity index (χ3v) is 5.04. The number of aliphatic imine (C=N–C) groups is 1. The number of hydrogen-bond donors (Lipinski definition) is 2. The van der Waals surface area contributed by atoms with Crippen LogP contribution in [-0.2, 0) is 19.5 Å². The highest BCUT2D eigenvalue weighted by Crippen LogP contribution is 2.16. The van der Waals surface area contributed by atoms with E-state index in [0.717, 1.165) is 36.9 Å². The zero-order chi connectivity index (χ0) is 18.2. The lowest BCUT2D eigenvalue weighted by Gasteiger charge is -2.10. The topological polar surface area (TPSA) is 67.1 Å². The van der Waals surface area contributed by atoms with Crippen LogP contribution in [0.3, 0.4) is 0 Å². The van der Waals surface area contributed by atoms with Gasteiger partial charge in [0.25, 0.3) is 0 Å². The summed E-state index contributed by atoms with van der Waals surface area (Å²) < 4.78 is 1.75. The molecule has 6 nitrogen and oxygen atoms in total. The van der Waals surface area contributed by atoms with Crippen LogP contribution in [-0.4, -0.2) is 27.3 Å². The van der Waals surface area contributed by atoms with Gasteiger partial charge in [0.2, 0.25) is 0 Å². The molecule has 144 valence electrons. The highest BCUT2D eigenvalue weighted by Gasteiger charge is 2.03. The first-order chi connectivity index (χ1) is 12.8. The van der Waals surface area contributed by atoms with Crippen LogP contribution in [0.4, 0.5) is 0 Å². The zero-order valence-corrected chi connectivity index (χ0v) is 18.7. The first kappa shape index (κ1) is 21.4. The lowest BCUT2D eigenvalue weighted by molar-refractivity contribution is 0.819. The van der Waals surface area contributed by atoms with Crippen molar-refractivity contribution in [2.75, 3.05) is 6.54 Å². The summed E-state index contributed by atoms with van der Waals surface area (Å²) in [5, 5.41) is 10.9. The molecule has 8 heteroatoms. The summed E-state index contributed by atoms with van der Waals surface area (Å²) in [6.07, 6.45) is 6.50. The van der Waals surface area contributed by atoms with E-state index in [1.807, 2.05) is 35.7 Å². The van der Waals surface area contributed by atoms with Gasteiger partial charge in [0.15, 0.2) is 11.8 Å². The quantitative estimate of drug-likeness (QED) is 0.297. The number of hydrogen-bond acceptors (Lipinski definition) is 4. The second-order valence-electron chi connectivity index (χ2n) is 5.74. The normalized spacial score (nSPS) is 11.1. The number of aryl methyl sites for hydroxylation is 1. The van der Waals surface area contributed by atoms with Crippen molar-refractivity contribution in [2.24, 2.45) is 4.99 Å². The molecule has 0 bridgehead atoms. The molecule has 3 heterocycles. The minimum Gasteiger partial charge on any atom is -0.357 e. The van der Waals surface area contributed by atoms with E-state index in [-0.39, 0.29) is 24.0 Å². The van der Waals surface area contributed by atoms with Gasteiger partial charge in [-0.05, 0) is 49.2 Å². The van der Waals surface area contributed by atoms with E-state index in [1.165, 1.54) is 9.75 Å². The smallest absolute Gasteiger partial charge is 0.191 e. The van der Waals surface area contributed by atoms with Crippen LogP contribution in [0.1, 0.15) is 29.2 Å². The molecule has 0 aliphatic heterocycles. The van der Waals surface area contributed by atoms with Crippen molar-refractivity contribution in [1.29, 1.82) is 0 Å². The number of thiophene rings is 1. The fourth-order valence-electron chi connectivity index (χ4n) is 2.48. The summed E-state index contributed by atoms with van der Waals surface area (Å²) in [6, 6.07) is 10.2. The average Bonchev–Trinajstić information content (AvgIpc) is 3.36. The van der Waals surface area contributed by atoms with Crippen molar-refractivity contribution in [2.45, 2.75) is 33.4 Å². The molecular weight excluding hydrogens is 471 g/mol. The van der Waals surface area contributed by atoms with Gasteiger partial charge >= 0.3 is 0 Å². The summed E-state index contributed by atoms with van der Waals surface area (Å²) in [7, 11) is 0. The van der Waals surface area contributed by atoms with Gasteiger partial charge in [-0.25, -0.2) is 14.7 Å². The number of guanidine groups is 1. The molecule has 0 aliphatic rings. The van der Waals surface area contributed by atoms with E-state index in [9.17, 15) is 0 Å². The number of rotatable bonds is 7. The van der Waals surface area contributed by atoms with Crippen LogP contribution in [0.25, 0.3) is 5.82 Å². The SMILES string of the molecule is CCNC(=NCc1ccnc(-n2cccn2)c1)NCc1ccc(CC)s1.I. The number of aromatic nitrogens is 3. The summed E-state index contributed by atoms with van der Waals surface area (Å²) in [4.78, 5) is 11.8. The molecule has 0 fully saturated rings. The summed E-state index contributed by atoms with van der Waals surface area (Å²) in [5.41, 5.74) is 1.09. The largest absolute Gasteiger partial charge is 0.357 e. The van der Waals surface area contributed by atoms with Crippen molar-refractivity contribution in [3.05, 3.63) is 64.2 Å². The highest BCUT2D eigenvalue weighted by molar-refractivity contribution is 14.0. The second kappa shape index (κ2) is 11.0. The van der Waals surface area contributed by atoms with Gasteiger partial charge in [-0.1, -0.05) is 6.92 Å². The molecule has 2 N–H and O–H groups in total. The Kier molecular flexibility index (Phi) is 8.73. The van der Waals surface area contributed by atoms with Crippen molar-refractivity contribution in [3.8, 4) is 5.82 Å². The number of halogens is 1. The Labute approximate surface area is 181 Å². The van der Waals surface area contributed by atoms with Crippen LogP contribution in [0.15, 0.2) is 53.9 Å². The van der Waals surface area contributed by atoms with Crippen molar-refractivity contribution < 1.29 is 0 Å². The van der Waals surface area contributed by atoms with E-state index in [4.69, 9.17) is 0 Å². The standard InChI is InChI=1S/C19H24N6S.HI/c1-3-16-6-7-17(26-16)14-23-19(20-4-2)22-13-15-8-10-21-18(12-15)25-11-5-9-24-25;/h5-12H,3-4,13-14H2,1-2H3,(H2,20,22,23);1H. The molecule has 0 spiro atoms. The maximum Gasteiger partial charge on any atom is 0.191 e. The third kappa shape index (κ3) is 6.31. The Bertz CT molecular complexity index is 844. The maximum absolute atomic E-state index is 4.69. The molecule has 0 saturated carbocycles.